The maximum Gasteiger partial charge on any atom is 0.244 e. The van der Waals surface area contributed by atoms with Crippen molar-refractivity contribution in [3.63, 3.8) is 0 Å². The first-order chi connectivity index (χ1) is 18.8. The second kappa shape index (κ2) is 13.6. The standard InChI is InChI=1S/C30H34ClN3O5S/c1-21(2)32-30(37)28(17-23-10-6-5-7-11-23)33(19-24-12-8-14-26(31)16-24)29(36)20-34(40(4,38)39)27-15-9-13-25(18-27)22(3)35/h5-16,18,21,28H,17,19-20H2,1-4H3,(H,32,37)/t28-/m0/s1. The zero-order chi connectivity index (χ0) is 29.4. The maximum absolute atomic E-state index is 14.0. The third-order valence-corrected chi connectivity index (χ3v) is 7.54. The normalized spacial score (nSPS) is 12.1. The number of hydrogen-bond donors (Lipinski definition) is 1. The van der Waals surface area contributed by atoms with Crippen LogP contribution in [0.2, 0.25) is 5.02 Å². The summed E-state index contributed by atoms with van der Waals surface area (Å²) in [4.78, 5) is 40.9. The van der Waals surface area contributed by atoms with Gasteiger partial charge >= 0.3 is 0 Å². The molecule has 8 nitrogen and oxygen atoms in total. The third kappa shape index (κ3) is 8.66. The smallest absolute Gasteiger partial charge is 0.244 e. The number of Topliss-reactive ketones (excluding diaryl/α,β-unsaturated/α-hetero) is 1. The largest absolute Gasteiger partial charge is 0.352 e. The summed E-state index contributed by atoms with van der Waals surface area (Å²) >= 11 is 6.22. The van der Waals surface area contributed by atoms with Crippen molar-refractivity contribution in [2.24, 2.45) is 0 Å². The predicted molar refractivity (Wildman–Crippen MR) is 158 cm³/mol. The van der Waals surface area contributed by atoms with Crippen LogP contribution in [-0.4, -0.2) is 55.8 Å². The fourth-order valence-corrected chi connectivity index (χ4v) is 5.31. The Kier molecular flexibility index (Phi) is 10.5. The van der Waals surface area contributed by atoms with E-state index in [1.807, 2.05) is 44.2 Å². The number of benzene rings is 3. The van der Waals surface area contributed by atoms with Gasteiger partial charge in [-0.25, -0.2) is 8.42 Å². The van der Waals surface area contributed by atoms with Gasteiger partial charge in [0.1, 0.15) is 12.6 Å². The lowest BCUT2D eigenvalue weighted by Crippen LogP contribution is -2.54. The molecule has 10 heteroatoms. The van der Waals surface area contributed by atoms with E-state index >= 15 is 0 Å². The summed E-state index contributed by atoms with van der Waals surface area (Å²) in [6, 6.07) is 21.2. The summed E-state index contributed by atoms with van der Waals surface area (Å²) in [5.74, 6) is -1.19. The molecule has 0 unspecified atom stereocenters. The lowest BCUT2D eigenvalue weighted by Gasteiger charge is -2.34. The van der Waals surface area contributed by atoms with Crippen molar-refractivity contribution in [3.8, 4) is 0 Å². The molecule has 2 amide bonds. The molecule has 0 bridgehead atoms. The van der Waals surface area contributed by atoms with Crippen molar-refractivity contribution in [2.75, 3.05) is 17.1 Å². The topological polar surface area (TPSA) is 104 Å². The average Bonchev–Trinajstić information content (AvgIpc) is 2.88. The summed E-state index contributed by atoms with van der Waals surface area (Å²) in [6.45, 7) is 4.49. The lowest BCUT2D eigenvalue weighted by atomic mass is 10.0. The fourth-order valence-electron chi connectivity index (χ4n) is 4.26. The Labute approximate surface area is 241 Å². The minimum Gasteiger partial charge on any atom is -0.352 e. The van der Waals surface area contributed by atoms with Gasteiger partial charge < -0.3 is 10.2 Å². The summed E-state index contributed by atoms with van der Waals surface area (Å²) in [5.41, 5.74) is 2.01. The lowest BCUT2D eigenvalue weighted by molar-refractivity contribution is -0.140. The molecule has 0 radical (unpaired) electrons. The summed E-state index contributed by atoms with van der Waals surface area (Å²) in [6.07, 6.45) is 1.21. The molecule has 0 aromatic heterocycles. The van der Waals surface area contributed by atoms with E-state index in [0.717, 1.165) is 16.1 Å². The number of anilines is 1. The first-order valence-electron chi connectivity index (χ1n) is 12.8. The van der Waals surface area contributed by atoms with Gasteiger partial charge in [-0.15, -0.1) is 0 Å². The number of halogens is 1. The highest BCUT2D eigenvalue weighted by Crippen LogP contribution is 2.22. The van der Waals surface area contributed by atoms with Gasteiger partial charge in [0, 0.05) is 29.6 Å². The van der Waals surface area contributed by atoms with Crippen LogP contribution in [0.5, 0.6) is 0 Å². The van der Waals surface area contributed by atoms with Gasteiger partial charge in [-0.2, -0.15) is 0 Å². The van der Waals surface area contributed by atoms with E-state index in [0.29, 0.717) is 16.1 Å². The van der Waals surface area contributed by atoms with Crippen LogP contribution in [-0.2, 0) is 32.6 Å². The van der Waals surface area contributed by atoms with Gasteiger partial charge in [0.2, 0.25) is 21.8 Å². The van der Waals surface area contributed by atoms with Crippen molar-refractivity contribution < 1.29 is 22.8 Å². The summed E-state index contributed by atoms with van der Waals surface area (Å²) in [5, 5.41) is 3.37. The number of hydrogen-bond acceptors (Lipinski definition) is 5. The van der Waals surface area contributed by atoms with Crippen LogP contribution in [0.3, 0.4) is 0 Å². The van der Waals surface area contributed by atoms with Crippen molar-refractivity contribution in [1.29, 1.82) is 0 Å². The number of nitrogens with zero attached hydrogens (tertiary/aromatic N) is 2. The highest BCUT2D eigenvalue weighted by molar-refractivity contribution is 7.92. The van der Waals surface area contributed by atoms with Gasteiger partial charge in [0.15, 0.2) is 5.78 Å². The van der Waals surface area contributed by atoms with E-state index in [4.69, 9.17) is 11.6 Å². The quantitative estimate of drug-likeness (QED) is 0.317. The van der Waals surface area contributed by atoms with Crippen LogP contribution < -0.4 is 9.62 Å². The Morgan fingerprint density at radius 3 is 2.15 bits per heavy atom. The monoisotopic (exact) mass is 583 g/mol. The fraction of sp³-hybridized carbons (Fsp3) is 0.300. The molecule has 3 aromatic carbocycles. The van der Waals surface area contributed by atoms with E-state index < -0.39 is 28.5 Å². The van der Waals surface area contributed by atoms with E-state index in [-0.39, 0.29) is 36.4 Å². The van der Waals surface area contributed by atoms with Crippen LogP contribution in [0.1, 0.15) is 42.3 Å². The molecule has 0 saturated heterocycles. The summed E-state index contributed by atoms with van der Waals surface area (Å²) < 4.78 is 26.7. The molecule has 1 atom stereocenters. The van der Waals surface area contributed by atoms with Gasteiger partial charge in [-0.3, -0.25) is 18.7 Å². The van der Waals surface area contributed by atoms with Gasteiger partial charge in [0.05, 0.1) is 11.9 Å². The summed E-state index contributed by atoms with van der Waals surface area (Å²) in [7, 11) is -3.94. The molecule has 0 heterocycles. The second-order valence-electron chi connectivity index (χ2n) is 9.90. The Hall–Kier alpha value is -3.69. The number of carbonyl (C=O) groups is 3. The Bertz CT molecular complexity index is 1460. The first-order valence-corrected chi connectivity index (χ1v) is 15.0. The third-order valence-electron chi connectivity index (χ3n) is 6.16. The van der Waals surface area contributed by atoms with E-state index in [9.17, 15) is 22.8 Å². The van der Waals surface area contributed by atoms with Crippen LogP contribution in [0, 0.1) is 0 Å². The highest BCUT2D eigenvalue weighted by Gasteiger charge is 2.33. The molecule has 0 aliphatic heterocycles. The van der Waals surface area contributed by atoms with Gasteiger partial charge in [-0.1, -0.05) is 66.2 Å². The molecule has 0 aliphatic carbocycles. The van der Waals surface area contributed by atoms with Gasteiger partial charge in [0.25, 0.3) is 0 Å². The van der Waals surface area contributed by atoms with E-state index in [2.05, 4.69) is 5.32 Å². The molecule has 0 fully saturated rings. The van der Waals surface area contributed by atoms with E-state index in [1.54, 1.807) is 36.4 Å². The van der Waals surface area contributed by atoms with Crippen molar-refractivity contribution >= 4 is 44.9 Å². The number of amides is 2. The second-order valence-corrected chi connectivity index (χ2v) is 12.2. The van der Waals surface area contributed by atoms with Crippen LogP contribution in [0.15, 0.2) is 78.9 Å². The molecule has 1 N–H and O–H groups in total. The molecule has 0 spiro atoms. The van der Waals surface area contributed by atoms with Gasteiger partial charge in [-0.05, 0) is 56.2 Å². The number of sulfonamides is 1. The number of nitrogens with one attached hydrogen (secondary N) is 1. The molecule has 3 rings (SSSR count). The maximum atomic E-state index is 14.0. The zero-order valence-corrected chi connectivity index (χ0v) is 24.6. The van der Waals surface area contributed by atoms with E-state index in [1.165, 1.54) is 24.0 Å². The minimum atomic E-state index is -3.94. The molecular formula is C30H34ClN3O5S. The molecular weight excluding hydrogens is 550 g/mol. The zero-order valence-electron chi connectivity index (χ0n) is 23.0. The van der Waals surface area contributed by atoms with Crippen molar-refractivity contribution in [3.05, 3.63) is 101 Å². The predicted octanol–water partition coefficient (Wildman–Crippen LogP) is 4.47. The van der Waals surface area contributed by atoms with Crippen LogP contribution in [0.4, 0.5) is 5.69 Å². The Balaban J connectivity index is 2.07. The minimum absolute atomic E-state index is 0.0213. The molecule has 3 aromatic rings. The average molecular weight is 584 g/mol. The van der Waals surface area contributed by atoms with Crippen LogP contribution >= 0.6 is 11.6 Å². The Morgan fingerprint density at radius 2 is 1.55 bits per heavy atom. The number of ketones is 1. The Morgan fingerprint density at radius 1 is 0.900 bits per heavy atom. The molecule has 0 aliphatic rings. The molecule has 212 valence electrons. The number of rotatable bonds is 12. The van der Waals surface area contributed by atoms with Crippen molar-refractivity contribution in [1.82, 2.24) is 10.2 Å². The molecule has 0 saturated carbocycles. The number of carbonyl (C=O) groups excluding carboxylic acids is 3. The highest BCUT2D eigenvalue weighted by atomic mass is 35.5. The molecule has 40 heavy (non-hydrogen) atoms. The SMILES string of the molecule is CC(=O)c1cccc(N(CC(=O)N(Cc2cccc(Cl)c2)[C@@H](Cc2ccccc2)C(=O)NC(C)C)S(C)(=O)=O)c1. The first kappa shape index (κ1) is 30.8. The van der Waals surface area contributed by atoms with Crippen LogP contribution in [0.25, 0.3) is 0 Å². The van der Waals surface area contributed by atoms with Crippen molar-refractivity contribution in [2.45, 2.75) is 45.8 Å².